The third-order valence-corrected chi connectivity index (χ3v) is 7.56. The van der Waals surface area contributed by atoms with Gasteiger partial charge in [0.25, 0.3) is 5.91 Å². The van der Waals surface area contributed by atoms with Crippen molar-refractivity contribution in [3.05, 3.63) is 35.6 Å². The first-order chi connectivity index (χ1) is 18.0. The molecule has 4 amide bonds. The van der Waals surface area contributed by atoms with E-state index in [1.165, 1.54) is 28.9 Å². The van der Waals surface area contributed by atoms with E-state index in [1.54, 1.807) is 20.2 Å². The molecule has 1 aromatic heterocycles. The molecule has 11 nitrogen and oxygen atoms in total. The number of amides is 4. The van der Waals surface area contributed by atoms with Crippen LogP contribution in [-0.4, -0.2) is 95.5 Å². The van der Waals surface area contributed by atoms with Crippen LogP contribution < -0.4 is 16.0 Å². The Bertz CT molecular complexity index is 1100. The van der Waals surface area contributed by atoms with Gasteiger partial charge in [0.05, 0.1) is 11.1 Å². The van der Waals surface area contributed by atoms with E-state index in [-0.39, 0.29) is 17.6 Å². The van der Waals surface area contributed by atoms with Crippen molar-refractivity contribution >= 4 is 57.9 Å². The maximum atomic E-state index is 13.3. The second-order valence-corrected chi connectivity index (χ2v) is 11.1. The molecule has 1 fully saturated rings. The number of carbonyl (C=O) groups is 4. The molecule has 0 aromatic carbocycles. The van der Waals surface area contributed by atoms with E-state index in [0.29, 0.717) is 47.2 Å². The quantitative estimate of drug-likeness (QED) is 0.462. The topological polar surface area (TPSA) is 136 Å². The van der Waals surface area contributed by atoms with Gasteiger partial charge >= 0.3 is 11.8 Å². The molecule has 3 atom stereocenters. The van der Waals surface area contributed by atoms with Gasteiger partial charge in [-0.1, -0.05) is 29.9 Å². The van der Waals surface area contributed by atoms with E-state index in [1.807, 2.05) is 7.05 Å². The van der Waals surface area contributed by atoms with Gasteiger partial charge in [0.1, 0.15) is 5.82 Å². The van der Waals surface area contributed by atoms with Gasteiger partial charge in [0.15, 0.2) is 5.04 Å². The predicted molar refractivity (Wildman–Crippen MR) is 149 cm³/mol. The largest absolute Gasteiger partial charge is 0.349 e. The standard InChI is InChI=1S/C25H34ClN7O4S/c1-15-9-10-33(4)11-12-38-24(28-15)23(36)30-19-13-16(25(37)32(2)3)5-7-18(19)29-21(34)22(35)31-20-8-6-17(26)14-27-20/h6,8,14,16,18-19H,1,5,7,9-13H2,2-4H3,(H,29,34)(H,30,36)(H,27,31,35)/t16-,18-,19+/m0/s1. The SMILES string of the molecule is C=C1CCN(C)CCSC(C(=O)N[C@@H]2C[C@@H](C(=O)N(C)C)CC[C@@H]2NC(=O)C(=O)Nc2ccc(Cl)cn2)=N1. The Balaban J connectivity index is 1.72. The zero-order chi connectivity index (χ0) is 27.8. The Hall–Kier alpha value is -2.96. The first-order valence-electron chi connectivity index (χ1n) is 12.4. The highest BCUT2D eigenvalue weighted by Crippen LogP contribution is 2.27. The summed E-state index contributed by atoms with van der Waals surface area (Å²) >= 11 is 7.16. The van der Waals surface area contributed by atoms with Crippen LogP contribution in [0.1, 0.15) is 25.7 Å². The molecule has 0 radical (unpaired) electrons. The van der Waals surface area contributed by atoms with E-state index in [9.17, 15) is 19.2 Å². The first kappa shape index (κ1) is 29.6. The summed E-state index contributed by atoms with van der Waals surface area (Å²) in [5.41, 5.74) is 0.609. The molecular formula is C25H34ClN7O4S. The molecule has 1 aliphatic heterocycles. The van der Waals surface area contributed by atoms with E-state index < -0.39 is 29.8 Å². The van der Waals surface area contributed by atoms with Gasteiger partial charge in [-0.15, -0.1) is 0 Å². The number of nitrogens with one attached hydrogen (secondary N) is 3. The summed E-state index contributed by atoms with van der Waals surface area (Å²) in [4.78, 5) is 63.3. The summed E-state index contributed by atoms with van der Waals surface area (Å²) in [6.07, 6.45) is 3.23. The number of halogens is 1. The van der Waals surface area contributed by atoms with Gasteiger partial charge in [0.2, 0.25) is 5.91 Å². The number of hydrogen-bond donors (Lipinski definition) is 3. The molecule has 38 heavy (non-hydrogen) atoms. The Labute approximate surface area is 231 Å². The van der Waals surface area contributed by atoms with Crippen molar-refractivity contribution in [2.24, 2.45) is 10.9 Å². The maximum absolute atomic E-state index is 13.3. The van der Waals surface area contributed by atoms with E-state index in [2.05, 4.69) is 37.4 Å². The van der Waals surface area contributed by atoms with Crippen LogP contribution in [0, 0.1) is 5.92 Å². The summed E-state index contributed by atoms with van der Waals surface area (Å²) in [5, 5.41) is 8.82. The average molecular weight is 564 g/mol. The highest BCUT2D eigenvalue weighted by Gasteiger charge is 2.37. The molecule has 1 saturated carbocycles. The molecule has 0 saturated heterocycles. The molecule has 13 heteroatoms. The van der Waals surface area contributed by atoms with Crippen molar-refractivity contribution in [3.8, 4) is 0 Å². The van der Waals surface area contributed by atoms with Crippen LogP contribution in [0.3, 0.4) is 0 Å². The minimum absolute atomic E-state index is 0.0499. The van der Waals surface area contributed by atoms with Gasteiger partial charge in [-0.2, -0.15) is 0 Å². The molecule has 0 unspecified atom stereocenters. The van der Waals surface area contributed by atoms with Gasteiger partial charge in [-0.25, -0.2) is 9.98 Å². The number of hydrogen-bond acceptors (Lipinski definition) is 8. The molecule has 3 rings (SSSR count). The Morgan fingerprint density at radius 2 is 1.87 bits per heavy atom. The second-order valence-electron chi connectivity index (χ2n) is 9.60. The molecule has 206 valence electrons. The van der Waals surface area contributed by atoms with Gasteiger partial charge < -0.3 is 25.8 Å². The van der Waals surface area contributed by atoms with Gasteiger partial charge in [0, 0.05) is 63.2 Å². The molecule has 1 aromatic rings. The van der Waals surface area contributed by atoms with Crippen molar-refractivity contribution in [2.75, 3.05) is 45.3 Å². The number of carbonyl (C=O) groups excluding carboxylic acids is 4. The molecule has 1 aliphatic carbocycles. The van der Waals surface area contributed by atoms with Crippen LogP contribution in [-0.2, 0) is 19.2 Å². The average Bonchev–Trinajstić information content (AvgIpc) is 2.96. The zero-order valence-electron chi connectivity index (χ0n) is 21.8. The lowest BCUT2D eigenvalue weighted by Gasteiger charge is -2.37. The summed E-state index contributed by atoms with van der Waals surface area (Å²) in [7, 11) is 5.38. The summed E-state index contributed by atoms with van der Waals surface area (Å²) in [6.45, 7) is 5.56. The van der Waals surface area contributed by atoms with E-state index in [0.717, 1.165) is 13.1 Å². The fraction of sp³-hybridized carbons (Fsp3) is 0.520. The normalized spacial score (nSPS) is 22.7. The van der Waals surface area contributed by atoms with Crippen LogP contribution in [0.25, 0.3) is 0 Å². The Kier molecular flexibility index (Phi) is 10.7. The van der Waals surface area contributed by atoms with Gasteiger partial charge in [-0.3, -0.25) is 19.2 Å². The minimum Gasteiger partial charge on any atom is -0.349 e. The van der Waals surface area contributed by atoms with E-state index >= 15 is 0 Å². The molecule has 2 heterocycles. The number of nitrogens with zero attached hydrogens (tertiary/aromatic N) is 4. The van der Waals surface area contributed by atoms with Crippen LogP contribution in [0.4, 0.5) is 5.82 Å². The van der Waals surface area contributed by atoms with Crippen molar-refractivity contribution < 1.29 is 19.2 Å². The fourth-order valence-electron chi connectivity index (χ4n) is 4.26. The number of pyridine rings is 1. The van der Waals surface area contributed by atoms with E-state index in [4.69, 9.17) is 11.6 Å². The molecule has 0 spiro atoms. The third kappa shape index (κ3) is 8.53. The van der Waals surface area contributed by atoms with Crippen LogP contribution >= 0.6 is 23.4 Å². The second kappa shape index (κ2) is 13.7. The van der Waals surface area contributed by atoms with Crippen molar-refractivity contribution in [2.45, 2.75) is 37.8 Å². The first-order valence-corrected chi connectivity index (χ1v) is 13.7. The smallest absolute Gasteiger partial charge is 0.314 e. The fourth-order valence-corrected chi connectivity index (χ4v) is 5.35. The minimum atomic E-state index is -0.895. The number of anilines is 1. The third-order valence-electron chi connectivity index (χ3n) is 6.40. The number of thioether (sulfide) groups is 1. The summed E-state index contributed by atoms with van der Waals surface area (Å²) < 4.78 is 0. The van der Waals surface area contributed by atoms with Crippen LogP contribution in [0.5, 0.6) is 0 Å². The molecular weight excluding hydrogens is 530 g/mol. The maximum Gasteiger partial charge on any atom is 0.314 e. The lowest BCUT2D eigenvalue weighted by atomic mass is 9.81. The highest BCUT2D eigenvalue weighted by atomic mass is 35.5. The molecule has 0 bridgehead atoms. The van der Waals surface area contributed by atoms with Gasteiger partial charge in [-0.05, 0) is 38.4 Å². The molecule has 2 aliphatic rings. The van der Waals surface area contributed by atoms with Crippen molar-refractivity contribution in [1.29, 1.82) is 0 Å². The number of aliphatic imine (C=N–C) groups is 1. The summed E-state index contributed by atoms with van der Waals surface area (Å²) in [5.74, 6) is -1.66. The monoisotopic (exact) mass is 563 g/mol. The number of rotatable bonds is 5. The molecule has 3 N–H and O–H groups in total. The lowest BCUT2D eigenvalue weighted by molar-refractivity contribution is -0.138. The Morgan fingerprint density at radius 3 is 2.55 bits per heavy atom. The van der Waals surface area contributed by atoms with Crippen molar-refractivity contribution in [3.63, 3.8) is 0 Å². The Morgan fingerprint density at radius 1 is 1.11 bits per heavy atom. The van der Waals surface area contributed by atoms with Crippen LogP contribution in [0.2, 0.25) is 5.02 Å². The predicted octanol–water partition coefficient (Wildman–Crippen LogP) is 1.51. The number of aromatic nitrogens is 1. The van der Waals surface area contributed by atoms with Crippen molar-refractivity contribution in [1.82, 2.24) is 25.4 Å². The van der Waals surface area contributed by atoms with Crippen LogP contribution in [0.15, 0.2) is 35.6 Å². The summed E-state index contributed by atoms with van der Waals surface area (Å²) in [6, 6.07) is 1.89. The lowest BCUT2D eigenvalue weighted by Crippen LogP contribution is -2.58. The highest BCUT2D eigenvalue weighted by molar-refractivity contribution is 8.15. The zero-order valence-corrected chi connectivity index (χ0v) is 23.4.